The molecular weight excluding hydrogens is 344 g/mol. The highest BCUT2D eigenvalue weighted by molar-refractivity contribution is 6.03. The fourth-order valence-electron chi connectivity index (χ4n) is 3.69. The van der Waals surface area contributed by atoms with Crippen molar-refractivity contribution in [2.75, 3.05) is 25.5 Å². The molecule has 27 heavy (non-hydrogen) atoms. The number of nitrogens with one attached hydrogen (secondary N) is 1. The summed E-state index contributed by atoms with van der Waals surface area (Å²) in [6.45, 7) is 1.10. The Morgan fingerprint density at radius 3 is 2.81 bits per heavy atom. The van der Waals surface area contributed by atoms with Crippen LogP contribution < -0.4 is 5.32 Å². The SMILES string of the molecule is COC(=O)c1ccccc1NC(=O)C1CC(=O)N(CCC2=CCCCC2)C1. The van der Waals surface area contributed by atoms with E-state index in [1.807, 2.05) is 0 Å². The van der Waals surface area contributed by atoms with Gasteiger partial charge in [0.2, 0.25) is 11.8 Å². The molecule has 2 aliphatic rings. The normalized spacial score (nSPS) is 19.6. The summed E-state index contributed by atoms with van der Waals surface area (Å²) in [6.07, 6.45) is 8.13. The molecule has 0 saturated carbocycles. The molecule has 0 radical (unpaired) electrons. The first kappa shape index (κ1) is 19.1. The van der Waals surface area contributed by atoms with Gasteiger partial charge in [0.05, 0.1) is 24.3 Å². The van der Waals surface area contributed by atoms with Gasteiger partial charge in [-0.25, -0.2) is 4.79 Å². The molecule has 0 aromatic heterocycles. The van der Waals surface area contributed by atoms with Crippen LogP contribution in [0.5, 0.6) is 0 Å². The summed E-state index contributed by atoms with van der Waals surface area (Å²) < 4.78 is 4.75. The number of hydrogen-bond acceptors (Lipinski definition) is 4. The van der Waals surface area contributed by atoms with E-state index >= 15 is 0 Å². The Bertz CT molecular complexity index is 756. The van der Waals surface area contributed by atoms with Crippen LogP contribution in [0.15, 0.2) is 35.9 Å². The van der Waals surface area contributed by atoms with Gasteiger partial charge in [0.1, 0.15) is 0 Å². The van der Waals surface area contributed by atoms with E-state index in [2.05, 4.69) is 11.4 Å². The van der Waals surface area contributed by atoms with E-state index in [1.54, 1.807) is 29.2 Å². The van der Waals surface area contributed by atoms with Gasteiger partial charge in [-0.2, -0.15) is 0 Å². The lowest BCUT2D eigenvalue weighted by molar-refractivity contribution is -0.128. The Balaban J connectivity index is 1.58. The lowest BCUT2D eigenvalue weighted by atomic mass is 9.97. The van der Waals surface area contributed by atoms with Crippen LogP contribution in [0.25, 0.3) is 0 Å². The highest BCUT2D eigenvalue weighted by Gasteiger charge is 2.34. The minimum atomic E-state index is -0.504. The number of methoxy groups -OCH3 is 1. The summed E-state index contributed by atoms with van der Waals surface area (Å²) >= 11 is 0. The fourth-order valence-corrected chi connectivity index (χ4v) is 3.69. The number of esters is 1. The molecule has 144 valence electrons. The molecule has 3 rings (SSSR count). The zero-order valence-electron chi connectivity index (χ0n) is 15.7. The molecule has 1 aliphatic carbocycles. The van der Waals surface area contributed by atoms with E-state index in [9.17, 15) is 14.4 Å². The van der Waals surface area contributed by atoms with Crippen molar-refractivity contribution in [1.82, 2.24) is 4.90 Å². The number of rotatable bonds is 6. The predicted octanol–water partition coefficient (Wildman–Crippen LogP) is 3.15. The fraction of sp³-hybridized carbons (Fsp3) is 0.476. The van der Waals surface area contributed by atoms with Gasteiger partial charge in [-0.1, -0.05) is 23.8 Å². The molecule has 1 unspecified atom stereocenters. The molecule has 2 amide bonds. The van der Waals surface area contributed by atoms with Gasteiger partial charge in [-0.05, 0) is 44.2 Å². The summed E-state index contributed by atoms with van der Waals surface area (Å²) in [5, 5.41) is 2.78. The molecule has 1 heterocycles. The van der Waals surface area contributed by atoms with Crippen LogP contribution in [0.1, 0.15) is 48.9 Å². The number of nitrogens with zero attached hydrogens (tertiary/aromatic N) is 1. The second kappa shape index (κ2) is 8.84. The molecule has 6 nitrogen and oxygen atoms in total. The maximum absolute atomic E-state index is 12.6. The molecule has 1 aromatic carbocycles. The van der Waals surface area contributed by atoms with Crippen LogP contribution in [0.3, 0.4) is 0 Å². The highest BCUT2D eigenvalue weighted by Crippen LogP contribution is 2.25. The van der Waals surface area contributed by atoms with Crippen LogP contribution >= 0.6 is 0 Å². The number of anilines is 1. The predicted molar refractivity (Wildman–Crippen MR) is 102 cm³/mol. The molecule has 1 aliphatic heterocycles. The second-order valence-corrected chi connectivity index (χ2v) is 7.13. The third-order valence-electron chi connectivity index (χ3n) is 5.26. The number of para-hydroxylation sites is 1. The third-order valence-corrected chi connectivity index (χ3v) is 5.26. The molecule has 1 fully saturated rings. The van der Waals surface area contributed by atoms with Crippen LogP contribution in [-0.4, -0.2) is 42.9 Å². The number of allylic oxidation sites excluding steroid dienone is 1. The number of hydrogen-bond donors (Lipinski definition) is 1. The van der Waals surface area contributed by atoms with Gasteiger partial charge in [0.15, 0.2) is 0 Å². The standard InChI is InChI=1S/C21H26N2O4/c1-27-21(26)17-9-5-6-10-18(17)22-20(25)16-13-19(24)23(14-16)12-11-15-7-3-2-4-8-15/h5-7,9-10,16H,2-4,8,11-14H2,1H3,(H,22,25). The summed E-state index contributed by atoms with van der Waals surface area (Å²) in [7, 11) is 1.30. The number of benzene rings is 1. The van der Waals surface area contributed by atoms with Crippen LogP contribution in [-0.2, 0) is 14.3 Å². The summed E-state index contributed by atoms with van der Waals surface area (Å²) in [5.41, 5.74) is 2.14. The van der Waals surface area contributed by atoms with Crippen molar-refractivity contribution in [2.45, 2.75) is 38.5 Å². The Morgan fingerprint density at radius 1 is 1.26 bits per heavy atom. The number of carbonyl (C=O) groups is 3. The van der Waals surface area contributed by atoms with E-state index in [1.165, 1.54) is 25.5 Å². The lowest BCUT2D eigenvalue weighted by Crippen LogP contribution is -2.29. The summed E-state index contributed by atoms with van der Waals surface area (Å²) in [4.78, 5) is 38.5. The van der Waals surface area contributed by atoms with Gasteiger partial charge in [0.25, 0.3) is 0 Å². The van der Waals surface area contributed by atoms with E-state index in [0.717, 1.165) is 19.3 Å². The largest absolute Gasteiger partial charge is 0.465 e. The zero-order valence-corrected chi connectivity index (χ0v) is 15.7. The van der Waals surface area contributed by atoms with Crippen LogP contribution in [0.2, 0.25) is 0 Å². The van der Waals surface area contributed by atoms with Gasteiger partial charge in [0, 0.05) is 19.5 Å². The number of amides is 2. The minimum absolute atomic E-state index is 0.0211. The first-order valence-electron chi connectivity index (χ1n) is 9.52. The Kier molecular flexibility index (Phi) is 6.27. The average Bonchev–Trinajstić information content (AvgIpc) is 3.08. The third kappa shape index (κ3) is 4.76. The first-order chi connectivity index (χ1) is 13.1. The molecule has 0 bridgehead atoms. The van der Waals surface area contributed by atoms with Crippen LogP contribution in [0, 0.1) is 5.92 Å². The quantitative estimate of drug-likeness (QED) is 0.616. The Labute approximate surface area is 159 Å². The maximum Gasteiger partial charge on any atom is 0.339 e. The molecular formula is C21H26N2O4. The zero-order chi connectivity index (χ0) is 19.2. The summed E-state index contributed by atoms with van der Waals surface area (Å²) in [5.74, 6) is -1.12. The van der Waals surface area contributed by atoms with E-state index in [0.29, 0.717) is 24.3 Å². The van der Waals surface area contributed by atoms with Gasteiger partial charge < -0.3 is 15.0 Å². The molecule has 1 atom stereocenters. The Hall–Kier alpha value is -2.63. The number of ether oxygens (including phenoxy) is 1. The number of carbonyl (C=O) groups excluding carboxylic acids is 3. The molecule has 1 N–H and O–H groups in total. The maximum atomic E-state index is 12.6. The van der Waals surface area contributed by atoms with Crippen molar-refractivity contribution in [2.24, 2.45) is 5.92 Å². The number of likely N-dealkylation sites (tertiary alicyclic amines) is 1. The second-order valence-electron chi connectivity index (χ2n) is 7.13. The van der Waals surface area contributed by atoms with Crippen molar-refractivity contribution >= 4 is 23.5 Å². The van der Waals surface area contributed by atoms with Crippen LogP contribution in [0.4, 0.5) is 5.69 Å². The van der Waals surface area contributed by atoms with Crippen molar-refractivity contribution in [1.29, 1.82) is 0 Å². The summed E-state index contributed by atoms with van der Waals surface area (Å²) in [6, 6.07) is 6.72. The highest BCUT2D eigenvalue weighted by atomic mass is 16.5. The van der Waals surface area contributed by atoms with Crippen molar-refractivity contribution < 1.29 is 19.1 Å². The molecule has 1 saturated heterocycles. The molecule has 6 heteroatoms. The van der Waals surface area contributed by atoms with E-state index in [4.69, 9.17) is 4.74 Å². The van der Waals surface area contributed by atoms with Gasteiger partial charge in [-0.3, -0.25) is 9.59 Å². The molecule has 0 spiro atoms. The smallest absolute Gasteiger partial charge is 0.339 e. The van der Waals surface area contributed by atoms with E-state index < -0.39 is 11.9 Å². The van der Waals surface area contributed by atoms with Crippen molar-refractivity contribution in [3.05, 3.63) is 41.5 Å². The van der Waals surface area contributed by atoms with Gasteiger partial charge >= 0.3 is 5.97 Å². The average molecular weight is 370 g/mol. The van der Waals surface area contributed by atoms with E-state index in [-0.39, 0.29) is 18.2 Å². The lowest BCUT2D eigenvalue weighted by Gasteiger charge is -2.19. The topological polar surface area (TPSA) is 75.7 Å². The van der Waals surface area contributed by atoms with Crippen molar-refractivity contribution in [3.63, 3.8) is 0 Å². The first-order valence-corrected chi connectivity index (χ1v) is 9.52. The van der Waals surface area contributed by atoms with Crippen molar-refractivity contribution in [3.8, 4) is 0 Å². The minimum Gasteiger partial charge on any atom is -0.465 e. The monoisotopic (exact) mass is 370 g/mol. The molecule has 1 aromatic rings. The van der Waals surface area contributed by atoms with Gasteiger partial charge in [-0.15, -0.1) is 0 Å². The Morgan fingerprint density at radius 2 is 2.07 bits per heavy atom.